The molecule has 1 rings (SSSR count). The second kappa shape index (κ2) is 5.63. The number of hydrogen-bond donors (Lipinski definition) is 1. The highest BCUT2D eigenvalue weighted by atomic mass is 79.9. The zero-order valence-corrected chi connectivity index (χ0v) is 9.77. The summed E-state index contributed by atoms with van der Waals surface area (Å²) in [5, 5.41) is 2.95. The molecule has 76 valence electrons. The third kappa shape index (κ3) is 5.29. The van der Waals surface area contributed by atoms with Crippen molar-refractivity contribution in [1.29, 1.82) is 0 Å². The lowest BCUT2D eigenvalue weighted by atomic mass is 10.2. The number of rotatable bonds is 6. The minimum absolute atomic E-state index is 0.235. The Morgan fingerprint density at radius 1 is 1.62 bits per heavy atom. The van der Waals surface area contributed by atoms with Crippen LogP contribution in [0.25, 0.3) is 0 Å². The van der Waals surface area contributed by atoms with Crippen molar-refractivity contribution in [2.24, 2.45) is 5.92 Å². The smallest absolute Gasteiger partial charge is 0.220 e. The maximum Gasteiger partial charge on any atom is 0.220 e. The molecular weight excluding hydrogens is 230 g/mol. The molecule has 1 N–H and O–H groups in total. The molecule has 0 aromatic heterocycles. The summed E-state index contributed by atoms with van der Waals surface area (Å²) in [6.45, 7) is 2.96. The molecule has 0 aliphatic heterocycles. The molecule has 0 bridgehead atoms. The maximum absolute atomic E-state index is 11.2. The molecular formula is C10H18BrNO. The first-order chi connectivity index (χ1) is 6.22. The lowest BCUT2D eigenvalue weighted by molar-refractivity contribution is -0.121. The van der Waals surface area contributed by atoms with Crippen LogP contribution in [0.5, 0.6) is 0 Å². The number of hydrogen-bond acceptors (Lipinski definition) is 1. The van der Waals surface area contributed by atoms with Crippen molar-refractivity contribution in [3.63, 3.8) is 0 Å². The molecule has 1 aliphatic carbocycles. The van der Waals surface area contributed by atoms with E-state index in [-0.39, 0.29) is 5.91 Å². The number of carbonyl (C=O) groups excluding carboxylic acids is 1. The van der Waals surface area contributed by atoms with Crippen LogP contribution in [0.3, 0.4) is 0 Å². The van der Waals surface area contributed by atoms with Crippen molar-refractivity contribution >= 4 is 21.8 Å². The van der Waals surface area contributed by atoms with Crippen molar-refractivity contribution in [3.8, 4) is 0 Å². The fraction of sp³-hybridized carbons (Fsp3) is 0.900. The van der Waals surface area contributed by atoms with Gasteiger partial charge in [0.15, 0.2) is 0 Å². The highest BCUT2D eigenvalue weighted by molar-refractivity contribution is 9.09. The summed E-state index contributed by atoms with van der Waals surface area (Å²) in [5.74, 6) is 0.934. The van der Waals surface area contributed by atoms with E-state index < -0.39 is 0 Å². The summed E-state index contributed by atoms with van der Waals surface area (Å²) in [4.78, 5) is 11.8. The summed E-state index contributed by atoms with van der Waals surface area (Å²) >= 11 is 3.54. The molecule has 0 aromatic rings. The minimum atomic E-state index is 0.235. The van der Waals surface area contributed by atoms with Crippen LogP contribution in [0.1, 0.15) is 39.0 Å². The van der Waals surface area contributed by atoms with E-state index in [1.54, 1.807) is 0 Å². The van der Waals surface area contributed by atoms with Crippen LogP contribution in [-0.4, -0.2) is 17.3 Å². The monoisotopic (exact) mass is 247 g/mol. The molecule has 1 unspecified atom stereocenters. The van der Waals surface area contributed by atoms with Gasteiger partial charge in [-0.3, -0.25) is 4.79 Å². The van der Waals surface area contributed by atoms with Gasteiger partial charge in [-0.1, -0.05) is 22.9 Å². The quantitative estimate of drug-likeness (QED) is 0.719. The molecule has 1 saturated carbocycles. The van der Waals surface area contributed by atoms with Gasteiger partial charge in [0, 0.05) is 17.8 Å². The largest absolute Gasteiger partial charge is 0.356 e. The van der Waals surface area contributed by atoms with Crippen LogP contribution < -0.4 is 5.32 Å². The second-order valence-corrected chi connectivity index (χ2v) is 5.09. The molecule has 1 amide bonds. The molecule has 0 aromatic carbocycles. The van der Waals surface area contributed by atoms with E-state index in [1.807, 2.05) is 0 Å². The molecule has 0 saturated heterocycles. The summed E-state index contributed by atoms with van der Waals surface area (Å²) in [5.41, 5.74) is 0. The number of amides is 1. The molecule has 2 nitrogen and oxygen atoms in total. The third-order valence-electron chi connectivity index (χ3n) is 2.39. The number of nitrogens with one attached hydrogen (secondary N) is 1. The SMILES string of the molecule is CCC(Br)CCNC(=O)CC1CC1. The topological polar surface area (TPSA) is 29.1 Å². The Morgan fingerprint density at radius 3 is 2.85 bits per heavy atom. The van der Waals surface area contributed by atoms with Gasteiger partial charge in [-0.25, -0.2) is 0 Å². The Morgan fingerprint density at radius 2 is 2.31 bits per heavy atom. The summed E-state index contributed by atoms with van der Waals surface area (Å²) in [6, 6.07) is 0. The van der Waals surface area contributed by atoms with Crippen LogP contribution in [0, 0.1) is 5.92 Å². The Bertz CT molecular complexity index is 168. The Balaban J connectivity index is 1.94. The highest BCUT2D eigenvalue weighted by Crippen LogP contribution is 2.32. The van der Waals surface area contributed by atoms with Gasteiger partial charge in [-0.05, 0) is 31.6 Å². The Kier molecular flexibility index (Phi) is 4.78. The van der Waals surface area contributed by atoms with Crippen molar-refractivity contribution in [1.82, 2.24) is 5.32 Å². The number of halogens is 1. The van der Waals surface area contributed by atoms with E-state index in [0.29, 0.717) is 10.7 Å². The second-order valence-electron chi connectivity index (χ2n) is 3.79. The Labute approximate surface area is 88.6 Å². The van der Waals surface area contributed by atoms with E-state index in [1.165, 1.54) is 12.8 Å². The van der Waals surface area contributed by atoms with Crippen molar-refractivity contribution in [2.45, 2.75) is 43.9 Å². The number of alkyl halides is 1. The highest BCUT2D eigenvalue weighted by Gasteiger charge is 2.23. The predicted octanol–water partition coefficient (Wildman–Crippen LogP) is 2.47. The molecule has 1 fully saturated rings. The van der Waals surface area contributed by atoms with Gasteiger partial charge in [0.1, 0.15) is 0 Å². The average molecular weight is 248 g/mol. The van der Waals surface area contributed by atoms with Gasteiger partial charge < -0.3 is 5.32 Å². The third-order valence-corrected chi connectivity index (χ3v) is 3.50. The first-order valence-corrected chi connectivity index (χ1v) is 6.04. The maximum atomic E-state index is 11.2. The molecule has 13 heavy (non-hydrogen) atoms. The van der Waals surface area contributed by atoms with Gasteiger partial charge in [0.25, 0.3) is 0 Å². The summed E-state index contributed by atoms with van der Waals surface area (Å²) in [7, 11) is 0. The standard InChI is InChI=1S/C10H18BrNO/c1-2-9(11)5-6-12-10(13)7-8-3-4-8/h8-9H,2-7H2,1H3,(H,12,13). The predicted molar refractivity (Wildman–Crippen MR) is 58.0 cm³/mol. The van der Waals surface area contributed by atoms with E-state index in [4.69, 9.17) is 0 Å². The van der Waals surface area contributed by atoms with Gasteiger partial charge in [-0.15, -0.1) is 0 Å². The lowest BCUT2D eigenvalue weighted by Crippen LogP contribution is -2.26. The molecule has 1 atom stereocenters. The first-order valence-electron chi connectivity index (χ1n) is 5.13. The average Bonchev–Trinajstić information content (AvgIpc) is 2.88. The van der Waals surface area contributed by atoms with Gasteiger partial charge >= 0.3 is 0 Å². The van der Waals surface area contributed by atoms with Gasteiger partial charge in [0.2, 0.25) is 5.91 Å². The summed E-state index contributed by atoms with van der Waals surface area (Å²) < 4.78 is 0. The van der Waals surface area contributed by atoms with Gasteiger partial charge in [0.05, 0.1) is 0 Å². The zero-order valence-electron chi connectivity index (χ0n) is 8.18. The molecule has 3 heteroatoms. The Hall–Kier alpha value is -0.0500. The lowest BCUT2D eigenvalue weighted by Gasteiger charge is -2.07. The minimum Gasteiger partial charge on any atom is -0.356 e. The summed E-state index contributed by atoms with van der Waals surface area (Å²) in [6.07, 6.45) is 5.41. The van der Waals surface area contributed by atoms with E-state index in [9.17, 15) is 4.79 Å². The van der Waals surface area contributed by atoms with E-state index in [2.05, 4.69) is 28.2 Å². The fourth-order valence-electron chi connectivity index (χ4n) is 1.23. The van der Waals surface area contributed by atoms with Crippen LogP contribution in [0.2, 0.25) is 0 Å². The van der Waals surface area contributed by atoms with Crippen LogP contribution in [0.4, 0.5) is 0 Å². The van der Waals surface area contributed by atoms with E-state index in [0.717, 1.165) is 25.8 Å². The van der Waals surface area contributed by atoms with Crippen LogP contribution in [-0.2, 0) is 4.79 Å². The van der Waals surface area contributed by atoms with Crippen molar-refractivity contribution in [2.75, 3.05) is 6.54 Å². The van der Waals surface area contributed by atoms with Crippen LogP contribution in [0.15, 0.2) is 0 Å². The number of carbonyl (C=O) groups is 1. The molecule has 0 heterocycles. The fourth-order valence-corrected chi connectivity index (χ4v) is 1.46. The van der Waals surface area contributed by atoms with Crippen molar-refractivity contribution in [3.05, 3.63) is 0 Å². The molecule has 0 spiro atoms. The molecule has 0 radical (unpaired) electrons. The van der Waals surface area contributed by atoms with Crippen LogP contribution >= 0.6 is 15.9 Å². The molecule has 1 aliphatic rings. The van der Waals surface area contributed by atoms with E-state index >= 15 is 0 Å². The first kappa shape index (κ1) is 11.0. The normalized spacial score (nSPS) is 18.3. The van der Waals surface area contributed by atoms with Crippen molar-refractivity contribution < 1.29 is 4.79 Å². The zero-order chi connectivity index (χ0) is 9.68. The van der Waals surface area contributed by atoms with Gasteiger partial charge in [-0.2, -0.15) is 0 Å².